The Kier molecular flexibility index (Phi) is 10.7. The van der Waals surface area contributed by atoms with Gasteiger partial charge in [-0.15, -0.1) is 0 Å². The van der Waals surface area contributed by atoms with E-state index < -0.39 is 0 Å². The molecule has 3 heteroatoms. The molecule has 1 aromatic carbocycles. The quantitative estimate of drug-likeness (QED) is 0.826. The molecule has 0 saturated heterocycles. The summed E-state index contributed by atoms with van der Waals surface area (Å²) in [5.74, 6) is 0. The molecule has 0 heterocycles. The normalized spacial score (nSPS) is 10.9. The van der Waals surface area contributed by atoms with Crippen LogP contribution in [0.25, 0.3) is 6.15 Å². The van der Waals surface area contributed by atoms with Crippen molar-refractivity contribution in [2.75, 3.05) is 0 Å². The number of nitrogens with two attached hydrogens (primary N) is 2. The standard InChI is InChI=1S/C10H14N.H2N.Y/c1-2-10(11)8-9-6-4-3-5-7-9;;/h3-7,10H,1-2,8,11H2;1H2;/q2*-1;/t10-;;/m0../s1. The molecule has 1 atom stereocenters. The van der Waals surface area contributed by atoms with Gasteiger partial charge in [-0.05, 0) is 18.0 Å². The van der Waals surface area contributed by atoms with Crippen molar-refractivity contribution in [2.45, 2.75) is 18.9 Å². The second-order valence-electron chi connectivity index (χ2n) is 2.74. The molecular weight excluding hydrogens is 237 g/mol. The van der Waals surface area contributed by atoms with Gasteiger partial charge in [0.25, 0.3) is 0 Å². The van der Waals surface area contributed by atoms with Crippen LogP contribution in [-0.4, -0.2) is 6.04 Å². The summed E-state index contributed by atoms with van der Waals surface area (Å²) in [6.45, 7) is 3.76. The van der Waals surface area contributed by atoms with Crippen LogP contribution in [0.4, 0.5) is 0 Å². The fourth-order valence-electron chi connectivity index (χ4n) is 1.02. The van der Waals surface area contributed by atoms with Crippen LogP contribution < -0.4 is 5.73 Å². The minimum Gasteiger partial charge on any atom is -0.693 e. The number of hydrogen-bond donors (Lipinski definition) is 1. The molecule has 71 valence electrons. The fraction of sp³-hybridized carbons (Fsp3) is 0.300. The minimum absolute atomic E-state index is 0. The Balaban J connectivity index is 0. The van der Waals surface area contributed by atoms with Gasteiger partial charge in [-0.25, -0.2) is 0 Å². The van der Waals surface area contributed by atoms with Crippen LogP contribution in [0.5, 0.6) is 0 Å². The van der Waals surface area contributed by atoms with Gasteiger partial charge in [-0.1, -0.05) is 30.3 Å². The van der Waals surface area contributed by atoms with Crippen LogP contribution in [0.15, 0.2) is 30.3 Å². The van der Waals surface area contributed by atoms with Crippen molar-refractivity contribution < 1.29 is 32.7 Å². The Labute approximate surface area is 106 Å². The third-order valence-electron chi connectivity index (χ3n) is 1.71. The van der Waals surface area contributed by atoms with Gasteiger partial charge in [-0.2, -0.15) is 6.42 Å². The van der Waals surface area contributed by atoms with Gasteiger partial charge in [-0.3, -0.25) is 0 Å². The predicted molar refractivity (Wildman–Crippen MR) is 53.4 cm³/mol. The molecule has 0 unspecified atom stereocenters. The Morgan fingerprint density at radius 2 is 1.77 bits per heavy atom. The number of rotatable bonds is 3. The molecule has 0 aliphatic heterocycles. The first-order valence-electron chi connectivity index (χ1n) is 3.91. The maximum atomic E-state index is 5.74. The van der Waals surface area contributed by atoms with E-state index in [0.29, 0.717) is 0 Å². The van der Waals surface area contributed by atoms with Gasteiger partial charge in [0.05, 0.1) is 0 Å². The average molecular weight is 253 g/mol. The molecule has 1 aromatic rings. The first kappa shape index (κ1) is 15.7. The monoisotopic (exact) mass is 253 g/mol. The molecule has 0 aliphatic carbocycles. The summed E-state index contributed by atoms with van der Waals surface area (Å²) >= 11 is 0. The van der Waals surface area contributed by atoms with E-state index in [2.05, 4.69) is 19.1 Å². The molecule has 0 spiro atoms. The van der Waals surface area contributed by atoms with E-state index in [1.165, 1.54) is 5.56 Å². The third-order valence-corrected chi connectivity index (χ3v) is 1.71. The molecule has 1 radical (unpaired) electrons. The maximum Gasteiger partial charge on any atom is 0 e. The number of hydrogen-bond acceptors (Lipinski definition) is 1. The van der Waals surface area contributed by atoms with Gasteiger partial charge in [0, 0.05) is 32.7 Å². The van der Waals surface area contributed by atoms with Crippen LogP contribution >= 0.6 is 0 Å². The van der Waals surface area contributed by atoms with Gasteiger partial charge >= 0.3 is 0 Å². The minimum atomic E-state index is 0. The molecule has 0 saturated carbocycles. The first-order chi connectivity index (χ1) is 5.33. The van der Waals surface area contributed by atoms with Gasteiger partial charge in [0.15, 0.2) is 0 Å². The first-order valence-corrected chi connectivity index (χ1v) is 3.91. The van der Waals surface area contributed by atoms with Crippen molar-refractivity contribution in [2.24, 2.45) is 5.73 Å². The zero-order valence-corrected chi connectivity index (χ0v) is 10.7. The van der Waals surface area contributed by atoms with E-state index in [0.717, 1.165) is 12.8 Å². The summed E-state index contributed by atoms with van der Waals surface area (Å²) in [5.41, 5.74) is 7.04. The van der Waals surface area contributed by atoms with Crippen molar-refractivity contribution in [3.8, 4) is 0 Å². The molecule has 13 heavy (non-hydrogen) atoms. The van der Waals surface area contributed by atoms with Crippen molar-refractivity contribution in [3.05, 3.63) is 49.0 Å². The van der Waals surface area contributed by atoms with E-state index in [9.17, 15) is 0 Å². The van der Waals surface area contributed by atoms with Crippen LogP contribution in [0, 0.1) is 6.92 Å². The molecule has 0 fully saturated rings. The van der Waals surface area contributed by atoms with E-state index in [1.54, 1.807) is 0 Å². The van der Waals surface area contributed by atoms with Crippen molar-refractivity contribution in [1.82, 2.24) is 0 Å². The number of benzene rings is 1. The van der Waals surface area contributed by atoms with Crippen LogP contribution in [0.2, 0.25) is 0 Å². The molecule has 2 nitrogen and oxygen atoms in total. The van der Waals surface area contributed by atoms with Crippen LogP contribution in [0.3, 0.4) is 0 Å². The van der Waals surface area contributed by atoms with Crippen molar-refractivity contribution >= 4 is 0 Å². The summed E-state index contributed by atoms with van der Waals surface area (Å²) in [5, 5.41) is 0. The maximum absolute atomic E-state index is 5.74. The summed E-state index contributed by atoms with van der Waals surface area (Å²) in [7, 11) is 0. The molecule has 0 aliphatic rings. The second-order valence-corrected chi connectivity index (χ2v) is 2.74. The van der Waals surface area contributed by atoms with Gasteiger partial charge in [0.2, 0.25) is 0 Å². The molecular formula is C10H16N2Y-2. The summed E-state index contributed by atoms with van der Waals surface area (Å²) in [6.07, 6.45) is 1.74. The Morgan fingerprint density at radius 3 is 2.23 bits per heavy atom. The second kappa shape index (κ2) is 8.83. The molecule has 0 aromatic heterocycles. The Morgan fingerprint density at radius 1 is 1.23 bits per heavy atom. The topological polar surface area (TPSA) is 59.5 Å². The smallest absolute Gasteiger partial charge is 0 e. The van der Waals surface area contributed by atoms with E-state index in [-0.39, 0.29) is 44.9 Å². The zero-order chi connectivity index (χ0) is 8.10. The SMILES string of the molecule is [CH2-]C[C@H](N)Cc1ccccc1.[NH2-].[Y]. The third kappa shape index (κ3) is 6.33. The van der Waals surface area contributed by atoms with E-state index in [4.69, 9.17) is 5.73 Å². The largest absolute Gasteiger partial charge is 0.693 e. The van der Waals surface area contributed by atoms with Crippen molar-refractivity contribution in [1.29, 1.82) is 0 Å². The summed E-state index contributed by atoms with van der Waals surface area (Å²) in [4.78, 5) is 0. The van der Waals surface area contributed by atoms with E-state index >= 15 is 0 Å². The van der Waals surface area contributed by atoms with Crippen LogP contribution in [-0.2, 0) is 39.1 Å². The summed E-state index contributed by atoms with van der Waals surface area (Å²) < 4.78 is 0. The fourth-order valence-corrected chi connectivity index (χ4v) is 1.02. The Bertz CT molecular complexity index is 201. The van der Waals surface area contributed by atoms with Crippen LogP contribution in [0.1, 0.15) is 12.0 Å². The molecule has 0 bridgehead atoms. The molecule has 1 rings (SSSR count). The molecule has 4 N–H and O–H groups in total. The van der Waals surface area contributed by atoms with Crippen molar-refractivity contribution in [3.63, 3.8) is 0 Å². The van der Waals surface area contributed by atoms with Gasteiger partial charge < -0.3 is 18.8 Å². The average Bonchev–Trinajstić information content (AvgIpc) is 2.06. The van der Waals surface area contributed by atoms with Gasteiger partial charge in [0.1, 0.15) is 0 Å². The molecule has 0 amide bonds. The summed E-state index contributed by atoms with van der Waals surface area (Å²) in [6, 6.07) is 10.5. The zero-order valence-electron chi connectivity index (χ0n) is 7.82. The predicted octanol–water partition coefficient (Wildman–Crippen LogP) is 2.50. The van der Waals surface area contributed by atoms with E-state index in [1.807, 2.05) is 18.2 Å². The Hall–Kier alpha value is 0.244.